The molecule has 1 nitrogen and oxygen atoms in total. The third kappa shape index (κ3) is 7.07. The van der Waals surface area contributed by atoms with E-state index >= 15 is 0 Å². The lowest BCUT2D eigenvalue weighted by atomic mass is 9.90. The summed E-state index contributed by atoms with van der Waals surface area (Å²) in [4.78, 5) is 2.38. The van der Waals surface area contributed by atoms with E-state index < -0.39 is 0 Å². The summed E-state index contributed by atoms with van der Waals surface area (Å²) in [5.41, 5.74) is 17.7. The minimum absolute atomic E-state index is 1.09. The van der Waals surface area contributed by atoms with Crippen LogP contribution in [0.2, 0.25) is 0 Å². The molecule has 1 aromatic heterocycles. The molecule has 11 aromatic rings. The number of thiophene rings is 1. The van der Waals surface area contributed by atoms with Crippen LogP contribution in [-0.4, -0.2) is 0 Å². The van der Waals surface area contributed by atoms with Crippen molar-refractivity contribution in [2.24, 2.45) is 0 Å². The quantitative estimate of drug-likeness (QED) is 0.140. The predicted molar refractivity (Wildman–Crippen MR) is 267 cm³/mol. The zero-order chi connectivity index (χ0) is 41.2. The first-order valence-electron chi connectivity index (χ1n) is 21.2. The van der Waals surface area contributed by atoms with Gasteiger partial charge in [-0.15, -0.1) is 11.3 Å². The molecule has 0 spiro atoms. The highest BCUT2D eigenvalue weighted by Crippen LogP contribution is 2.45. The summed E-state index contributed by atoms with van der Waals surface area (Å²) >= 11 is 1.88. The van der Waals surface area contributed by atoms with E-state index in [9.17, 15) is 0 Å². The van der Waals surface area contributed by atoms with Crippen LogP contribution in [0.1, 0.15) is 0 Å². The molecule has 0 saturated carbocycles. The molecule has 62 heavy (non-hydrogen) atoms. The first kappa shape index (κ1) is 37.2. The molecule has 10 aromatic carbocycles. The Morgan fingerprint density at radius 1 is 0.242 bits per heavy atom. The maximum atomic E-state index is 2.39. The Balaban J connectivity index is 1.04. The summed E-state index contributed by atoms with van der Waals surface area (Å²) in [5.74, 6) is 0. The number of nitrogens with zero attached hydrogens (tertiary/aromatic N) is 1. The van der Waals surface area contributed by atoms with Crippen molar-refractivity contribution in [3.05, 3.63) is 249 Å². The maximum Gasteiger partial charge on any atom is 0.0468 e. The maximum absolute atomic E-state index is 2.39. The van der Waals surface area contributed by atoms with Crippen molar-refractivity contribution >= 4 is 48.6 Å². The SMILES string of the molecule is c1ccc(-c2ccc(N(c3ccc(-c4ccc(-c5ccccc5)c(-c5cccc6c5sc5ccccc56)c4)cc3)c3ccc(-c4ccccc4)c(-c4ccccc4)c3)cc2)cc1. The number of hydrogen-bond donors (Lipinski definition) is 0. The van der Waals surface area contributed by atoms with E-state index in [-0.39, 0.29) is 0 Å². The Hall–Kier alpha value is -7.78. The molecule has 0 saturated heterocycles. The molecular formula is C60H41NS. The van der Waals surface area contributed by atoms with Gasteiger partial charge in [-0.25, -0.2) is 0 Å². The molecule has 11 rings (SSSR count). The van der Waals surface area contributed by atoms with Crippen LogP contribution >= 0.6 is 11.3 Å². The molecular weight excluding hydrogens is 767 g/mol. The van der Waals surface area contributed by atoms with Gasteiger partial charge in [0.25, 0.3) is 0 Å². The molecule has 0 N–H and O–H groups in total. The summed E-state index contributed by atoms with van der Waals surface area (Å²) in [6, 6.07) is 90.2. The minimum atomic E-state index is 1.09. The van der Waals surface area contributed by atoms with E-state index in [1.807, 2.05) is 11.3 Å². The summed E-state index contributed by atoms with van der Waals surface area (Å²) in [7, 11) is 0. The van der Waals surface area contributed by atoms with Crippen molar-refractivity contribution in [3.8, 4) is 66.8 Å². The van der Waals surface area contributed by atoms with Crippen molar-refractivity contribution in [2.45, 2.75) is 0 Å². The fourth-order valence-corrected chi connectivity index (χ4v) is 10.1. The van der Waals surface area contributed by atoms with Crippen molar-refractivity contribution in [1.82, 2.24) is 0 Å². The Labute approximate surface area is 367 Å². The van der Waals surface area contributed by atoms with Crippen LogP contribution in [0.15, 0.2) is 249 Å². The van der Waals surface area contributed by atoms with E-state index in [0.717, 1.165) is 17.1 Å². The van der Waals surface area contributed by atoms with Crippen LogP contribution in [0.4, 0.5) is 17.1 Å². The first-order chi connectivity index (χ1) is 30.7. The third-order valence-electron chi connectivity index (χ3n) is 11.9. The lowest BCUT2D eigenvalue weighted by Crippen LogP contribution is -2.10. The average molecular weight is 808 g/mol. The number of hydrogen-bond acceptors (Lipinski definition) is 2. The highest BCUT2D eigenvalue weighted by Gasteiger charge is 2.19. The standard InChI is InChI=1S/C60H41NS/c1-5-16-42(17-6-1)43-28-33-49(34-29-43)61(51-37-39-52(45-18-7-2-8-19-45)57(41-51)47-22-11-4-12-23-47)50-35-30-44(31-36-50)48-32-38-53(46-20-9-3-10-21-46)58(40-48)56-26-15-25-55-54-24-13-14-27-59(54)62-60(55)56/h1-41H. The van der Waals surface area contributed by atoms with Gasteiger partial charge in [-0.1, -0.05) is 200 Å². The van der Waals surface area contributed by atoms with Crippen LogP contribution in [0.3, 0.4) is 0 Å². The second-order valence-electron chi connectivity index (χ2n) is 15.7. The summed E-state index contributed by atoms with van der Waals surface area (Å²) in [6.07, 6.45) is 0. The van der Waals surface area contributed by atoms with Gasteiger partial charge in [0.15, 0.2) is 0 Å². The number of benzene rings is 10. The zero-order valence-electron chi connectivity index (χ0n) is 34.0. The van der Waals surface area contributed by atoms with Crippen LogP contribution < -0.4 is 4.90 Å². The van der Waals surface area contributed by atoms with Gasteiger partial charge in [-0.3, -0.25) is 0 Å². The Morgan fingerprint density at radius 3 is 1.29 bits per heavy atom. The molecule has 0 aliphatic rings. The van der Waals surface area contributed by atoms with Crippen molar-refractivity contribution in [1.29, 1.82) is 0 Å². The van der Waals surface area contributed by atoms with Crippen molar-refractivity contribution in [3.63, 3.8) is 0 Å². The smallest absolute Gasteiger partial charge is 0.0468 e. The van der Waals surface area contributed by atoms with Crippen LogP contribution in [0, 0.1) is 0 Å². The topological polar surface area (TPSA) is 3.24 Å². The monoisotopic (exact) mass is 807 g/mol. The lowest BCUT2D eigenvalue weighted by molar-refractivity contribution is 1.28. The van der Waals surface area contributed by atoms with E-state index in [1.165, 1.54) is 86.9 Å². The highest BCUT2D eigenvalue weighted by molar-refractivity contribution is 7.26. The molecule has 0 bridgehead atoms. The van der Waals surface area contributed by atoms with Crippen molar-refractivity contribution < 1.29 is 0 Å². The number of rotatable bonds is 9. The highest BCUT2D eigenvalue weighted by atomic mass is 32.1. The molecule has 2 heteroatoms. The predicted octanol–water partition coefficient (Wildman–Crippen LogP) is 17.5. The van der Waals surface area contributed by atoms with E-state index in [2.05, 4.69) is 254 Å². The second kappa shape index (κ2) is 16.3. The fourth-order valence-electron chi connectivity index (χ4n) is 8.86. The van der Waals surface area contributed by atoms with Gasteiger partial charge in [0.05, 0.1) is 0 Å². The second-order valence-corrected chi connectivity index (χ2v) is 16.7. The molecule has 1 heterocycles. The molecule has 0 unspecified atom stereocenters. The lowest BCUT2D eigenvalue weighted by Gasteiger charge is -2.27. The number of fused-ring (bicyclic) bond motifs is 3. The van der Waals surface area contributed by atoms with Gasteiger partial charge in [-0.2, -0.15) is 0 Å². The summed E-state index contributed by atoms with van der Waals surface area (Å²) < 4.78 is 2.63. The van der Waals surface area contributed by atoms with Crippen LogP contribution in [-0.2, 0) is 0 Å². The van der Waals surface area contributed by atoms with Gasteiger partial charge in [0, 0.05) is 42.8 Å². The van der Waals surface area contributed by atoms with E-state index in [4.69, 9.17) is 0 Å². The largest absolute Gasteiger partial charge is 0.310 e. The molecule has 0 atom stereocenters. The Morgan fingerprint density at radius 2 is 0.677 bits per heavy atom. The molecule has 0 fully saturated rings. The normalized spacial score (nSPS) is 11.2. The molecule has 0 aliphatic carbocycles. The summed E-state index contributed by atoms with van der Waals surface area (Å²) in [6.45, 7) is 0. The van der Waals surface area contributed by atoms with E-state index in [1.54, 1.807) is 0 Å². The van der Waals surface area contributed by atoms with Crippen LogP contribution in [0.25, 0.3) is 86.9 Å². The van der Waals surface area contributed by atoms with Crippen LogP contribution in [0.5, 0.6) is 0 Å². The molecule has 0 aliphatic heterocycles. The van der Waals surface area contributed by atoms with Gasteiger partial charge >= 0.3 is 0 Å². The zero-order valence-corrected chi connectivity index (χ0v) is 34.8. The van der Waals surface area contributed by atoms with E-state index in [0.29, 0.717) is 0 Å². The van der Waals surface area contributed by atoms with Crippen molar-refractivity contribution in [2.75, 3.05) is 4.90 Å². The Kier molecular flexibility index (Phi) is 9.82. The fraction of sp³-hybridized carbons (Fsp3) is 0. The summed E-state index contributed by atoms with van der Waals surface area (Å²) in [5, 5.41) is 2.62. The number of anilines is 3. The minimum Gasteiger partial charge on any atom is -0.310 e. The third-order valence-corrected chi connectivity index (χ3v) is 13.1. The molecule has 292 valence electrons. The first-order valence-corrected chi connectivity index (χ1v) is 22.0. The molecule has 0 amide bonds. The van der Waals surface area contributed by atoms with Gasteiger partial charge in [0.2, 0.25) is 0 Å². The molecule has 0 radical (unpaired) electrons. The van der Waals surface area contributed by atoms with Gasteiger partial charge in [-0.05, 0) is 110 Å². The average Bonchev–Trinajstić information content (AvgIpc) is 3.75. The van der Waals surface area contributed by atoms with Gasteiger partial charge < -0.3 is 4.90 Å². The van der Waals surface area contributed by atoms with Gasteiger partial charge in [0.1, 0.15) is 0 Å². The Bertz CT molecular complexity index is 3300.